The minimum atomic E-state index is -0.328. The van der Waals surface area contributed by atoms with Crippen molar-refractivity contribution in [1.29, 1.82) is 0 Å². The number of carbonyl (C=O) groups excluding carboxylic acids is 1. The summed E-state index contributed by atoms with van der Waals surface area (Å²) in [6.45, 7) is 1.20. The molecule has 0 aliphatic heterocycles. The molecule has 164 valence electrons. The van der Waals surface area contributed by atoms with Gasteiger partial charge in [0.15, 0.2) is 5.96 Å². The monoisotopic (exact) mass is 524 g/mol. The number of hydrogen-bond acceptors (Lipinski definition) is 3. The van der Waals surface area contributed by atoms with Gasteiger partial charge in [-0.25, -0.2) is 4.98 Å². The van der Waals surface area contributed by atoms with Gasteiger partial charge in [-0.3, -0.25) is 9.79 Å². The Morgan fingerprint density at radius 3 is 2.47 bits per heavy atom. The number of halogens is 1. The van der Waals surface area contributed by atoms with Crippen molar-refractivity contribution in [2.24, 2.45) is 10.4 Å². The van der Waals surface area contributed by atoms with Crippen LogP contribution in [0.25, 0.3) is 11.3 Å². The summed E-state index contributed by atoms with van der Waals surface area (Å²) in [5.74, 6) is 1.84. The second kappa shape index (κ2) is 10.8. The summed E-state index contributed by atoms with van der Waals surface area (Å²) in [4.78, 5) is 28.8. The van der Waals surface area contributed by atoms with Crippen molar-refractivity contribution in [3.63, 3.8) is 0 Å². The van der Waals surface area contributed by atoms with E-state index < -0.39 is 0 Å². The normalized spacial score (nSPS) is 15.4. The Morgan fingerprint density at radius 1 is 1.20 bits per heavy atom. The molecule has 1 aromatic carbocycles. The second-order valence-corrected chi connectivity index (χ2v) is 8.05. The van der Waals surface area contributed by atoms with Crippen molar-refractivity contribution in [3.05, 3.63) is 42.4 Å². The van der Waals surface area contributed by atoms with Gasteiger partial charge in [-0.1, -0.05) is 43.2 Å². The first-order valence-electron chi connectivity index (χ1n) is 10.2. The Balaban J connectivity index is 0.00000320. The molecule has 0 bridgehead atoms. The number of H-pyrrole nitrogens is 1. The number of amides is 1. The molecule has 2 aromatic rings. The summed E-state index contributed by atoms with van der Waals surface area (Å²) < 4.78 is 0. The Kier molecular flexibility index (Phi) is 8.69. The van der Waals surface area contributed by atoms with E-state index in [1.807, 2.05) is 50.4 Å². The number of aromatic amines is 1. The molecule has 2 N–H and O–H groups in total. The Hall–Kier alpha value is -2.10. The number of benzene rings is 1. The maximum Gasteiger partial charge on any atom is 0.230 e. The maximum absolute atomic E-state index is 12.8. The minimum absolute atomic E-state index is 0. The zero-order valence-electron chi connectivity index (χ0n) is 18.3. The van der Waals surface area contributed by atoms with Crippen LogP contribution in [0.2, 0.25) is 0 Å². The lowest BCUT2D eigenvalue weighted by Crippen LogP contribution is -2.49. The van der Waals surface area contributed by atoms with E-state index in [2.05, 4.69) is 32.4 Å². The third-order valence-corrected chi connectivity index (χ3v) is 5.68. The molecule has 1 aromatic heterocycles. The lowest BCUT2D eigenvalue weighted by molar-refractivity contribution is -0.138. The summed E-state index contributed by atoms with van der Waals surface area (Å²) in [6, 6.07) is 10.2. The van der Waals surface area contributed by atoms with E-state index in [0.29, 0.717) is 13.1 Å². The van der Waals surface area contributed by atoms with Crippen molar-refractivity contribution in [3.8, 4) is 11.3 Å². The van der Waals surface area contributed by atoms with E-state index in [9.17, 15) is 4.79 Å². The van der Waals surface area contributed by atoms with Crippen LogP contribution in [-0.4, -0.2) is 66.4 Å². The lowest BCUT2D eigenvalue weighted by atomic mass is 9.84. The van der Waals surface area contributed by atoms with E-state index in [4.69, 9.17) is 0 Å². The topological polar surface area (TPSA) is 76.6 Å². The molecule has 0 spiro atoms. The van der Waals surface area contributed by atoms with Crippen LogP contribution in [0.4, 0.5) is 0 Å². The molecule has 0 radical (unpaired) electrons. The summed E-state index contributed by atoms with van der Waals surface area (Å²) in [6.07, 6.45) is 5.92. The van der Waals surface area contributed by atoms with E-state index in [1.54, 1.807) is 11.9 Å². The number of nitrogens with zero attached hydrogens (tertiary/aromatic N) is 4. The van der Waals surface area contributed by atoms with Crippen LogP contribution < -0.4 is 5.32 Å². The number of hydrogen-bond donors (Lipinski definition) is 2. The number of carbonyl (C=O) groups is 1. The third kappa shape index (κ3) is 5.53. The van der Waals surface area contributed by atoms with Crippen LogP contribution in [0.3, 0.4) is 0 Å². The van der Waals surface area contributed by atoms with E-state index in [-0.39, 0.29) is 35.3 Å². The SMILES string of the molecule is CN=C(NCC1(C(=O)N(C)C)CCCC1)N(C)Cc1ncc(-c2ccccc2)[nH]1.I. The highest BCUT2D eigenvalue weighted by molar-refractivity contribution is 14.0. The van der Waals surface area contributed by atoms with Gasteiger partial charge in [0, 0.05) is 34.7 Å². The molecule has 1 heterocycles. The number of aromatic nitrogens is 2. The van der Waals surface area contributed by atoms with Gasteiger partial charge < -0.3 is 20.1 Å². The second-order valence-electron chi connectivity index (χ2n) is 8.05. The zero-order valence-corrected chi connectivity index (χ0v) is 20.6. The molecular weight excluding hydrogens is 491 g/mol. The zero-order chi connectivity index (χ0) is 20.9. The average molecular weight is 524 g/mol. The highest BCUT2D eigenvalue weighted by atomic mass is 127. The van der Waals surface area contributed by atoms with Crippen molar-refractivity contribution < 1.29 is 4.79 Å². The molecule has 8 heteroatoms. The fourth-order valence-corrected chi connectivity index (χ4v) is 4.13. The van der Waals surface area contributed by atoms with Gasteiger partial charge in [0.25, 0.3) is 0 Å². The summed E-state index contributed by atoms with van der Waals surface area (Å²) in [5.41, 5.74) is 1.78. The van der Waals surface area contributed by atoms with Crippen molar-refractivity contribution in [2.45, 2.75) is 32.2 Å². The minimum Gasteiger partial charge on any atom is -0.355 e. The van der Waals surface area contributed by atoms with Gasteiger partial charge in [0.05, 0.1) is 23.9 Å². The maximum atomic E-state index is 12.8. The van der Waals surface area contributed by atoms with Gasteiger partial charge >= 0.3 is 0 Å². The summed E-state index contributed by atoms with van der Waals surface area (Å²) in [7, 11) is 7.43. The smallest absolute Gasteiger partial charge is 0.230 e. The largest absolute Gasteiger partial charge is 0.355 e. The molecular formula is C22H33IN6O. The van der Waals surface area contributed by atoms with Crippen LogP contribution in [0.1, 0.15) is 31.5 Å². The van der Waals surface area contributed by atoms with Crippen LogP contribution in [0.5, 0.6) is 0 Å². The molecule has 1 aliphatic carbocycles. The van der Waals surface area contributed by atoms with Crippen LogP contribution in [-0.2, 0) is 11.3 Å². The van der Waals surface area contributed by atoms with Crippen LogP contribution in [0, 0.1) is 5.41 Å². The molecule has 3 rings (SSSR count). The number of nitrogens with one attached hydrogen (secondary N) is 2. The molecule has 1 amide bonds. The third-order valence-electron chi connectivity index (χ3n) is 5.68. The standard InChI is InChI=1S/C22H32N6O.HI/c1-23-21(25-16-22(12-8-9-13-22)20(29)27(2)3)28(4)15-19-24-14-18(26-19)17-10-6-5-7-11-17;/h5-7,10-11,14H,8-9,12-13,15-16H2,1-4H3,(H,23,25)(H,24,26);1H. The Labute approximate surface area is 196 Å². The van der Waals surface area contributed by atoms with E-state index in [0.717, 1.165) is 48.7 Å². The molecule has 0 atom stereocenters. The molecule has 1 fully saturated rings. The molecule has 1 saturated carbocycles. The van der Waals surface area contributed by atoms with Gasteiger partial charge in [0.2, 0.25) is 5.91 Å². The van der Waals surface area contributed by atoms with E-state index >= 15 is 0 Å². The van der Waals surface area contributed by atoms with Crippen molar-refractivity contribution in [2.75, 3.05) is 34.7 Å². The Bertz CT molecular complexity index is 842. The van der Waals surface area contributed by atoms with Crippen LogP contribution in [0.15, 0.2) is 41.5 Å². The van der Waals surface area contributed by atoms with Crippen LogP contribution >= 0.6 is 24.0 Å². The van der Waals surface area contributed by atoms with E-state index in [1.165, 1.54) is 0 Å². The molecule has 30 heavy (non-hydrogen) atoms. The predicted octanol–water partition coefficient (Wildman–Crippen LogP) is 3.35. The fourth-order valence-electron chi connectivity index (χ4n) is 4.13. The molecule has 7 nitrogen and oxygen atoms in total. The summed E-state index contributed by atoms with van der Waals surface area (Å²) in [5, 5.41) is 3.43. The van der Waals surface area contributed by atoms with Gasteiger partial charge in [-0.15, -0.1) is 24.0 Å². The number of imidazole rings is 1. The van der Waals surface area contributed by atoms with Crippen molar-refractivity contribution >= 4 is 35.8 Å². The predicted molar refractivity (Wildman–Crippen MR) is 132 cm³/mol. The first kappa shape index (κ1) is 24.2. The highest BCUT2D eigenvalue weighted by Crippen LogP contribution is 2.39. The fraction of sp³-hybridized carbons (Fsp3) is 0.500. The number of rotatable bonds is 6. The molecule has 1 aliphatic rings. The van der Waals surface area contributed by atoms with Crippen molar-refractivity contribution in [1.82, 2.24) is 25.1 Å². The van der Waals surface area contributed by atoms with Gasteiger partial charge in [-0.05, 0) is 18.4 Å². The lowest BCUT2D eigenvalue weighted by Gasteiger charge is -2.32. The Morgan fingerprint density at radius 2 is 1.87 bits per heavy atom. The first-order chi connectivity index (χ1) is 13.9. The molecule has 0 saturated heterocycles. The van der Waals surface area contributed by atoms with Gasteiger partial charge in [-0.2, -0.15) is 0 Å². The first-order valence-corrected chi connectivity index (χ1v) is 10.2. The number of aliphatic imine (C=N–C) groups is 1. The summed E-state index contributed by atoms with van der Waals surface area (Å²) >= 11 is 0. The highest BCUT2D eigenvalue weighted by Gasteiger charge is 2.42. The quantitative estimate of drug-likeness (QED) is 0.345. The van der Waals surface area contributed by atoms with Gasteiger partial charge in [0.1, 0.15) is 5.82 Å². The number of guanidine groups is 1. The molecule has 0 unspecified atom stereocenters. The average Bonchev–Trinajstić information content (AvgIpc) is 3.39.